The Balaban J connectivity index is 1.35. The fraction of sp³-hybridized carbons (Fsp3) is 1.00. The van der Waals surface area contributed by atoms with Gasteiger partial charge in [0.2, 0.25) is 0 Å². The lowest BCUT2D eigenvalue weighted by molar-refractivity contribution is 0.0850. The third-order valence-electron chi connectivity index (χ3n) is 5.62. The van der Waals surface area contributed by atoms with Crippen LogP contribution in [0.3, 0.4) is 0 Å². The topological polar surface area (TPSA) is 15.3 Å². The standard InChI is InChI=1S/C16H30N2/c1-2-6-16-13-18(11-8-15(16)5-1)10-3-4-14-7-9-17-12-14/h14-17H,1-13H2. The number of hydrogen-bond acceptors (Lipinski definition) is 2. The molecule has 1 saturated carbocycles. The highest BCUT2D eigenvalue weighted by Crippen LogP contribution is 2.36. The summed E-state index contributed by atoms with van der Waals surface area (Å²) in [6, 6.07) is 0. The van der Waals surface area contributed by atoms with Crippen molar-refractivity contribution in [2.45, 2.75) is 51.4 Å². The Labute approximate surface area is 113 Å². The number of hydrogen-bond donors (Lipinski definition) is 1. The quantitative estimate of drug-likeness (QED) is 0.825. The van der Waals surface area contributed by atoms with Crippen LogP contribution >= 0.6 is 0 Å². The van der Waals surface area contributed by atoms with Crippen LogP contribution in [-0.2, 0) is 0 Å². The smallest absolute Gasteiger partial charge is 0.00123 e. The molecule has 0 aromatic heterocycles. The average molecular weight is 250 g/mol. The summed E-state index contributed by atoms with van der Waals surface area (Å²) in [5.74, 6) is 3.13. The number of likely N-dealkylation sites (tertiary alicyclic amines) is 1. The molecule has 104 valence electrons. The van der Waals surface area contributed by atoms with Gasteiger partial charge in [-0.15, -0.1) is 0 Å². The first kappa shape index (κ1) is 12.9. The predicted molar refractivity (Wildman–Crippen MR) is 76.7 cm³/mol. The average Bonchev–Trinajstić information content (AvgIpc) is 2.92. The minimum absolute atomic E-state index is 0.984. The van der Waals surface area contributed by atoms with E-state index in [0.29, 0.717) is 0 Å². The number of nitrogens with one attached hydrogen (secondary N) is 1. The Morgan fingerprint density at radius 2 is 1.89 bits per heavy atom. The third-order valence-corrected chi connectivity index (χ3v) is 5.62. The normalized spacial score (nSPS) is 37.7. The number of rotatable bonds is 4. The van der Waals surface area contributed by atoms with Gasteiger partial charge in [0, 0.05) is 6.54 Å². The molecule has 2 nitrogen and oxygen atoms in total. The highest BCUT2D eigenvalue weighted by Gasteiger charge is 2.30. The molecule has 0 radical (unpaired) electrons. The predicted octanol–water partition coefficient (Wildman–Crippen LogP) is 2.89. The van der Waals surface area contributed by atoms with Gasteiger partial charge in [0.05, 0.1) is 0 Å². The molecule has 18 heavy (non-hydrogen) atoms. The zero-order valence-corrected chi connectivity index (χ0v) is 11.9. The molecule has 0 aromatic carbocycles. The number of fused-ring (bicyclic) bond motifs is 1. The third kappa shape index (κ3) is 3.27. The number of piperidine rings is 1. The van der Waals surface area contributed by atoms with Crippen molar-refractivity contribution >= 4 is 0 Å². The summed E-state index contributed by atoms with van der Waals surface area (Å²) in [7, 11) is 0. The van der Waals surface area contributed by atoms with Gasteiger partial charge in [-0.05, 0) is 76.0 Å². The Bertz CT molecular complexity index is 247. The van der Waals surface area contributed by atoms with E-state index < -0.39 is 0 Å². The highest BCUT2D eigenvalue weighted by molar-refractivity contribution is 4.83. The first-order chi connectivity index (χ1) is 8.92. The molecule has 3 unspecified atom stereocenters. The van der Waals surface area contributed by atoms with Gasteiger partial charge in [0.25, 0.3) is 0 Å². The molecule has 2 heteroatoms. The zero-order chi connectivity index (χ0) is 12.2. The maximum absolute atomic E-state index is 3.48. The molecule has 0 aromatic rings. The van der Waals surface area contributed by atoms with Crippen LogP contribution in [0.2, 0.25) is 0 Å². The van der Waals surface area contributed by atoms with Crippen molar-refractivity contribution in [2.24, 2.45) is 17.8 Å². The van der Waals surface area contributed by atoms with Gasteiger partial charge >= 0.3 is 0 Å². The second kappa shape index (κ2) is 6.38. The molecule has 3 rings (SSSR count). The SMILES string of the molecule is C1CCC2CN(CCCC3CCNC3)CCC2C1. The Morgan fingerprint density at radius 3 is 2.72 bits per heavy atom. The van der Waals surface area contributed by atoms with Gasteiger partial charge in [-0.1, -0.05) is 19.3 Å². The van der Waals surface area contributed by atoms with Crippen LogP contribution in [0, 0.1) is 17.8 Å². The maximum Gasteiger partial charge on any atom is 0.00123 e. The van der Waals surface area contributed by atoms with Crippen molar-refractivity contribution < 1.29 is 0 Å². The molecular formula is C16H30N2. The molecule has 1 aliphatic carbocycles. The van der Waals surface area contributed by atoms with Crippen molar-refractivity contribution in [1.29, 1.82) is 0 Å². The van der Waals surface area contributed by atoms with E-state index in [1.54, 1.807) is 0 Å². The van der Waals surface area contributed by atoms with E-state index in [1.165, 1.54) is 84.1 Å². The van der Waals surface area contributed by atoms with Crippen LogP contribution in [0.25, 0.3) is 0 Å². The van der Waals surface area contributed by atoms with E-state index in [9.17, 15) is 0 Å². The van der Waals surface area contributed by atoms with Crippen molar-refractivity contribution in [1.82, 2.24) is 10.2 Å². The van der Waals surface area contributed by atoms with Crippen LogP contribution < -0.4 is 5.32 Å². The van der Waals surface area contributed by atoms with Crippen LogP contribution in [0.15, 0.2) is 0 Å². The summed E-state index contributed by atoms with van der Waals surface area (Å²) in [4.78, 5) is 2.77. The first-order valence-corrected chi connectivity index (χ1v) is 8.35. The van der Waals surface area contributed by atoms with Crippen LogP contribution in [0.5, 0.6) is 0 Å². The summed E-state index contributed by atoms with van der Waals surface area (Å²) in [6.45, 7) is 6.74. The van der Waals surface area contributed by atoms with E-state index in [2.05, 4.69) is 10.2 Å². The minimum Gasteiger partial charge on any atom is -0.316 e. The van der Waals surface area contributed by atoms with Crippen LogP contribution in [-0.4, -0.2) is 37.6 Å². The summed E-state index contributed by atoms with van der Waals surface area (Å²) < 4.78 is 0. The summed E-state index contributed by atoms with van der Waals surface area (Å²) in [5.41, 5.74) is 0. The van der Waals surface area contributed by atoms with Crippen molar-refractivity contribution in [3.8, 4) is 0 Å². The summed E-state index contributed by atoms with van der Waals surface area (Å²) in [6.07, 6.45) is 11.9. The Morgan fingerprint density at radius 1 is 1.00 bits per heavy atom. The Hall–Kier alpha value is -0.0800. The van der Waals surface area contributed by atoms with E-state index in [4.69, 9.17) is 0 Å². The largest absolute Gasteiger partial charge is 0.316 e. The van der Waals surface area contributed by atoms with Crippen LogP contribution in [0.4, 0.5) is 0 Å². The lowest BCUT2D eigenvalue weighted by atomic mass is 9.75. The molecule has 2 aliphatic heterocycles. The van der Waals surface area contributed by atoms with Crippen molar-refractivity contribution in [2.75, 3.05) is 32.7 Å². The van der Waals surface area contributed by atoms with E-state index in [0.717, 1.165) is 17.8 Å². The van der Waals surface area contributed by atoms with Gasteiger partial charge in [0.1, 0.15) is 0 Å². The molecule has 0 spiro atoms. The van der Waals surface area contributed by atoms with Gasteiger partial charge < -0.3 is 10.2 Å². The first-order valence-electron chi connectivity index (χ1n) is 8.35. The van der Waals surface area contributed by atoms with Crippen molar-refractivity contribution in [3.63, 3.8) is 0 Å². The van der Waals surface area contributed by atoms with E-state index >= 15 is 0 Å². The number of nitrogens with zero attached hydrogens (tertiary/aromatic N) is 1. The molecule has 2 heterocycles. The van der Waals surface area contributed by atoms with Gasteiger partial charge in [-0.25, -0.2) is 0 Å². The van der Waals surface area contributed by atoms with Gasteiger partial charge in [-0.3, -0.25) is 0 Å². The molecule has 2 saturated heterocycles. The molecule has 3 fully saturated rings. The lowest BCUT2D eigenvalue weighted by Gasteiger charge is -2.41. The van der Waals surface area contributed by atoms with Crippen LogP contribution in [0.1, 0.15) is 51.4 Å². The second-order valence-electron chi connectivity index (χ2n) is 6.89. The fourth-order valence-electron chi connectivity index (χ4n) is 4.44. The molecule has 3 aliphatic rings. The van der Waals surface area contributed by atoms with Crippen molar-refractivity contribution in [3.05, 3.63) is 0 Å². The highest BCUT2D eigenvalue weighted by atomic mass is 15.1. The fourth-order valence-corrected chi connectivity index (χ4v) is 4.44. The summed E-state index contributed by atoms with van der Waals surface area (Å²) >= 11 is 0. The monoisotopic (exact) mass is 250 g/mol. The Kier molecular flexibility index (Phi) is 4.58. The minimum atomic E-state index is 0.984. The zero-order valence-electron chi connectivity index (χ0n) is 11.9. The molecule has 0 amide bonds. The second-order valence-corrected chi connectivity index (χ2v) is 6.89. The molecular weight excluding hydrogens is 220 g/mol. The van der Waals surface area contributed by atoms with Gasteiger partial charge in [0.15, 0.2) is 0 Å². The maximum atomic E-state index is 3.48. The van der Waals surface area contributed by atoms with E-state index in [-0.39, 0.29) is 0 Å². The molecule has 1 N–H and O–H groups in total. The molecule has 0 bridgehead atoms. The van der Waals surface area contributed by atoms with Gasteiger partial charge in [-0.2, -0.15) is 0 Å². The van der Waals surface area contributed by atoms with E-state index in [1.807, 2.05) is 0 Å². The molecule has 3 atom stereocenters. The lowest BCUT2D eigenvalue weighted by Crippen LogP contribution is -2.42. The summed E-state index contributed by atoms with van der Waals surface area (Å²) in [5, 5.41) is 3.48.